The number of nitrogens with zero attached hydrogens (tertiary/aromatic N) is 1. The molecule has 8 heteroatoms. The van der Waals surface area contributed by atoms with E-state index in [1.807, 2.05) is 31.2 Å². The third-order valence-corrected chi connectivity index (χ3v) is 6.29. The summed E-state index contributed by atoms with van der Waals surface area (Å²) in [6.07, 6.45) is 3.25. The molecule has 0 atom stereocenters. The molecule has 0 unspecified atom stereocenters. The number of nitrogens with one attached hydrogen (secondary N) is 2. The van der Waals surface area contributed by atoms with Crippen LogP contribution in [0.5, 0.6) is 5.75 Å². The first kappa shape index (κ1) is 20.7. The van der Waals surface area contributed by atoms with Gasteiger partial charge in [0.05, 0.1) is 9.37 Å². The van der Waals surface area contributed by atoms with Crippen LogP contribution in [0.15, 0.2) is 64.2 Å². The lowest BCUT2D eigenvalue weighted by Crippen LogP contribution is -2.33. The highest BCUT2D eigenvalue weighted by Gasteiger charge is 2.16. The van der Waals surface area contributed by atoms with E-state index in [0.29, 0.717) is 25.1 Å². The van der Waals surface area contributed by atoms with Gasteiger partial charge < -0.3 is 10.1 Å². The standard InChI is InChI=1S/C20H22BrN3O3S/c1-15-5-6-19(18(21)13-15)27-12-11-22-9-10-24-28(25,26)20-4-2-3-16-14-23-8-7-17(16)20/h2-8,13-14,22,24H,9-12H2,1H3. The summed E-state index contributed by atoms with van der Waals surface area (Å²) < 4.78 is 34.4. The van der Waals surface area contributed by atoms with Crippen LogP contribution in [-0.4, -0.2) is 39.6 Å². The summed E-state index contributed by atoms with van der Waals surface area (Å²) in [6, 6.07) is 12.8. The molecule has 0 aliphatic carbocycles. The number of fused-ring (bicyclic) bond motifs is 1. The van der Waals surface area contributed by atoms with Crippen LogP contribution in [0.3, 0.4) is 0 Å². The van der Waals surface area contributed by atoms with E-state index in [-0.39, 0.29) is 11.4 Å². The fraction of sp³-hybridized carbons (Fsp3) is 0.250. The number of hydrogen-bond acceptors (Lipinski definition) is 5. The second-order valence-corrected chi connectivity index (χ2v) is 8.87. The molecule has 0 amide bonds. The van der Waals surface area contributed by atoms with Gasteiger partial charge in [-0.1, -0.05) is 18.2 Å². The Morgan fingerprint density at radius 3 is 2.79 bits per heavy atom. The van der Waals surface area contributed by atoms with Crippen molar-refractivity contribution >= 4 is 36.7 Å². The molecule has 0 aliphatic heterocycles. The minimum absolute atomic E-state index is 0.264. The van der Waals surface area contributed by atoms with Gasteiger partial charge in [-0.2, -0.15) is 0 Å². The first-order chi connectivity index (χ1) is 13.5. The Hall–Kier alpha value is -2.00. The molecule has 1 heterocycles. The van der Waals surface area contributed by atoms with Gasteiger partial charge in [-0.05, 0) is 52.7 Å². The highest BCUT2D eigenvalue weighted by Crippen LogP contribution is 2.25. The van der Waals surface area contributed by atoms with Crippen molar-refractivity contribution in [3.8, 4) is 5.75 Å². The number of rotatable bonds is 9. The summed E-state index contributed by atoms with van der Waals surface area (Å²) in [4.78, 5) is 4.30. The van der Waals surface area contributed by atoms with Crippen molar-refractivity contribution in [2.24, 2.45) is 0 Å². The Kier molecular flexibility index (Phi) is 7.01. The first-order valence-corrected chi connectivity index (χ1v) is 11.2. The summed E-state index contributed by atoms with van der Waals surface area (Å²) in [7, 11) is -3.59. The SMILES string of the molecule is Cc1ccc(OCCNCCNS(=O)(=O)c2cccc3cnccc23)c(Br)c1. The molecule has 2 N–H and O–H groups in total. The monoisotopic (exact) mass is 463 g/mol. The average molecular weight is 464 g/mol. The smallest absolute Gasteiger partial charge is 0.241 e. The van der Waals surface area contributed by atoms with Crippen LogP contribution in [0.2, 0.25) is 0 Å². The molecule has 3 rings (SSSR count). The number of hydrogen-bond donors (Lipinski definition) is 2. The van der Waals surface area contributed by atoms with E-state index in [1.165, 1.54) is 0 Å². The Morgan fingerprint density at radius 1 is 1.11 bits per heavy atom. The van der Waals surface area contributed by atoms with Gasteiger partial charge in [0.15, 0.2) is 0 Å². The quantitative estimate of drug-likeness (QED) is 0.476. The van der Waals surface area contributed by atoms with E-state index in [0.717, 1.165) is 21.2 Å². The van der Waals surface area contributed by atoms with E-state index >= 15 is 0 Å². The molecule has 148 valence electrons. The summed E-state index contributed by atoms with van der Waals surface area (Å²) in [5, 5.41) is 4.63. The highest BCUT2D eigenvalue weighted by atomic mass is 79.9. The third kappa shape index (κ3) is 5.29. The maximum Gasteiger partial charge on any atom is 0.241 e. The predicted molar refractivity (Wildman–Crippen MR) is 114 cm³/mol. The zero-order chi connectivity index (χ0) is 20.0. The zero-order valence-electron chi connectivity index (χ0n) is 15.5. The topological polar surface area (TPSA) is 80.3 Å². The second kappa shape index (κ2) is 9.47. The summed E-state index contributed by atoms with van der Waals surface area (Å²) in [5.74, 6) is 0.790. The van der Waals surface area contributed by atoms with Crippen molar-refractivity contribution in [3.05, 3.63) is 64.9 Å². The van der Waals surface area contributed by atoms with Gasteiger partial charge in [0.25, 0.3) is 0 Å². The molecule has 3 aromatic rings. The van der Waals surface area contributed by atoms with Crippen LogP contribution in [0, 0.1) is 6.92 Å². The molecule has 0 saturated carbocycles. The van der Waals surface area contributed by atoms with E-state index in [9.17, 15) is 8.42 Å². The van der Waals surface area contributed by atoms with Crippen molar-refractivity contribution in [2.75, 3.05) is 26.2 Å². The second-order valence-electron chi connectivity index (χ2n) is 6.28. The molecular weight excluding hydrogens is 442 g/mol. The van der Waals surface area contributed by atoms with Crippen molar-refractivity contribution < 1.29 is 13.2 Å². The van der Waals surface area contributed by atoms with Crippen LogP contribution in [-0.2, 0) is 10.0 Å². The van der Waals surface area contributed by atoms with Gasteiger partial charge in [-0.25, -0.2) is 13.1 Å². The molecule has 0 bridgehead atoms. The van der Waals surface area contributed by atoms with E-state index in [1.54, 1.807) is 30.6 Å². The van der Waals surface area contributed by atoms with Gasteiger partial charge in [-0.3, -0.25) is 4.98 Å². The molecule has 0 saturated heterocycles. The molecular formula is C20H22BrN3O3S. The lowest BCUT2D eigenvalue weighted by Gasteiger charge is -2.11. The van der Waals surface area contributed by atoms with Crippen molar-refractivity contribution in [3.63, 3.8) is 0 Å². The number of aryl methyl sites for hydroxylation is 1. The minimum Gasteiger partial charge on any atom is -0.491 e. The fourth-order valence-corrected chi connectivity index (χ4v) is 4.63. The number of sulfonamides is 1. The lowest BCUT2D eigenvalue weighted by atomic mass is 10.2. The van der Waals surface area contributed by atoms with Crippen molar-refractivity contribution in [1.29, 1.82) is 0 Å². The maximum atomic E-state index is 12.6. The molecule has 28 heavy (non-hydrogen) atoms. The molecule has 0 radical (unpaired) electrons. The van der Waals surface area contributed by atoms with E-state index < -0.39 is 10.0 Å². The molecule has 2 aromatic carbocycles. The zero-order valence-corrected chi connectivity index (χ0v) is 17.9. The summed E-state index contributed by atoms with van der Waals surface area (Å²) >= 11 is 3.48. The number of halogens is 1. The fourth-order valence-electron chi connectivity index (χ4n) is 2.76. The van der Waals surface area contributed by atoms with Crippen LogP contribution >= 0.6 is 15.9 Å². The summed E-state index contributed by atoms with van der Waals surface area (Å²) in [5.41, 5.74) is 1.16. The Bertz CT molecular complexity index is 1050. The molecule has 0 aliphatic rings. The van der Waals surface area contributed by atoms with Gasteiger partial charge >= 0.3 is 0 Å². The van der Waals surface area contributed by atoms with Gasteiger partial charge in [0.1, 0.15) is 12.4 Å². The van der Waals surface area contributed by atoms with Crippen LogP contribution in [0.4, 0.5) is 0 Å². The van der Waals surface area contributed by atoms with Crippen molar-refractivity contribution in [1.82, 2.24) is 15.0 Å². The van der Waals surface area contributed by atoms with Crippen LogP contribution < -0.4 is 14.8 Å². The lowest BCUT2D eigenvalue weighted by molar-refractivity contribution is 0.312. The van der Waals surface area contributed by atoms with Crippen molar-refractivity contribution in [2.45, 2.75) is 11.8 Å². The Balaban J connectivity index is 1.44. The Labute approximate surface area is 173 Å². The molecule has 0 fully saturated rings. The van der Waals surface area contributed by atoms with E-state index in [4.69, 9.17) is 4.74 Å². The average Bonchev–Trinajstić information content (AvgIpc) is 2.68. The highest BCUT2D eigenvalue weighted by molar-refractivity contribution is 9.10. The van der Waals surface area contributed by atoms with Gasteiger partial charge in [0.2, 0.25) is 10.0 Å². The van der Waals surface area contributed by atoms with Gasteiger partial charge in [-0.15, -0.1) is 0 Å². The number of pyridine rings is 1. The number of ether oxygens (including phenoxy) is 1. The molecule has 6 nitrogen and oxygen atoms in total. The predicted octanol–water partition coefficient (Wildman–Crippen LogP) is 3.25. The number of aromatic nitrogens is 1. The number of benzene rings is 2. The van der Waals surface area contributed by atoms with E-state index in [2.05, 4.69) is 31.0 Å². The van der Waals surface area contributed by atoms with Crippen LogP contribution in [0.1, 0.15) is 5.56 Å². The Morgan fingerprint density at radius 2 is 1.96 bits per heavy atom. The van der Waals surface area contributed by atoms with Gasteiger partial charge in [0, 0.05) is 42.8 Å². The largest absolute Gasteiger partial charge is 0.491 e. The maximum absolute atomic E-state index is 12.6. The first-order valence-electron chi connectivity index (χ1n) is 8.89. The molecule has 1 aromatic heterocycles. The minimum atomic E-state index is -3.59. The van der Waals surface area contributed by atoms with Crippen LogP contribution in [0.25, 0.3) is 10.8 Å². The molecule has 0 spiro atoms. The summed E-state index contributed by atoms with van der Waals surface area (Å²) in [6.45, 7) is 3.92. The normalized spacial score (nSPS) is 11.6. The third-order valence-electron chi connectivity index (χ3n) is 4.15.